The fraction of sp³-hybridized carbons (Fsp3) is 0.143. The summed E-state index contributed by atoms with van der Waals surface area (Å²) in [5, 5.41) is 12.1. The van der Waals surface area contributed by atoms with Crippen molar-refractivity contribution in [2.45, 2.75) is 18.1 Å². The molecule has 13 nitrogen and oxygen atoms in total. The fourth-order valence-electron chi connectivity index (χ4n) is 5.04. The fourth-order valence-corrected chi connectivity index (χ4v) is 6.40. The molecule has 1 N–H and O–H groups in total. The van der Waals surface area contributed by atoms with Crippen LogP contribution in [0.3, 0.4) is 0 Å². The van der Waals surface area contributed by atoms with Crippen molar-refractivity contribution in [1.82, 2.24) is 43.2 Å². The minimum atomic E-state index is -3.90. The number of nitrogens with zero attached hydrogens (tertiary/aromatic N) is 9. The van der Waals surface area contributed by atoms with E-state index in [2.05, 4.69) is 20.3 Å². The van der Waals surface area contributed by atoms with E-state index in [0.29, 0.717) is 33.9 Å². The number of anilines is 1. The summed E-state index contributed by atoms with van der Waals surface area (Å²) in [6.07, 6.45) is 5.56. The van der Waals surface area contributed by atoms with Gasteiger partial charge in [-0.05, 0) is 42.5 Å². The van der Waals surface area contributed by atoms with Gasteiger partial charge in [0.15, 0.2) is 16.5 Å². The van der Waals surface area contributed by atoms with Crippen LogP contribution in [0.5, 0.6) is 0 Å². The SMILES string of the molecule is Cn1cnc(S(=O)(=O)N2CCn3nc(-c4ccc(F)cc4)c(-c4ccc5nc(NC(=O)c6ccnc(F)c6)cn5n4)c3C2)c1. The summed E-state index contributed by atoms with van der Waals surface area (Å²) in [4.78, 5) is 24.5. The second-order valence-electron chi connectivity index (χ2n) is 10.1. The number of halogens is 2. The lowest BCUT2D eigenvalue weighted by molar-refractivity contribution is 0.102. The predicted molar refractivity (Wildman–Crippen MR) is 153 cm³/mol. The molecule has 0 atom stereocenters. The second kappa shape index (κ2) is 10.4. The zero-order chi connectivity index (χ0) is 30.6. The van der Waals surface area contributed by atoms with E-state index in [-0.39, 0.29) is 36.0 Å². The van der Waals surface area contributed by atoms with E-state index in [4.69, 9.17) is 10.2 Å². The highest BCUT2D eigenvalue weighted by atomic mass is 32.2. The molecule has 7 rings (SSSR count). The molecular weight excluding hydrogens is 594 g/mol. The van der Waals surface area contributed by atoms with Crippen LogP contribution in [0, 0.1) is 11.8 Å². The third-order valence-electron chi connectivity index (χ3n) is 7.15. The van der Waals surface area contributed by atoms with Crippen molar-refractivity contribution in [3.63, 3.8) is 0 Å². The van der Waals surface area contributed by atoms with Crippen LogP contribution in [0.2, 0.25) is 0 Å². The molecule has 0 bridgehead atoms. The Morgan fingerprint density at radius 1 is 0.977 bits per heavy atom. The van der Waals surface area contributed by atoms with Gasteiger partial charge in [-0.1, -0.05) is 0 Å². The number of pyridine rings is 1. The largest absolute Gasteiger partial charge is 0.339 e. The number of carbonyl (C=O) groups is 1. The molecule has 0 aliphatic carbocycles. The number of benzene rings is 1. The minimum absolute atomic E-state index is 0.00409. The number of imidazole rings is 2. The van der Waals surface area contributed by atoms with E-state index in [1.54, 1.807) is 40.6 Å². The van der Waals surface area contributed by atoms with Gasteiger partial charge >= 0.3 is 0 Å². The van der Waals surface area contributed by atoms with Gasteiger partial charge in [0.05, 0.1) is 42.6 Å². The molecule has 1 amide bonds. The van der Waals surface area contributed by atoms with Crippen LogP contribution >= 0.6 is 0 Å². The van der Waals surface area contributed by atoms with Crippen molar-refractivity contribution in [3.05, 3.63) is 96.5 Å². The van der Waals surface area contributed by atoms with Gasteiger partial charge in [0.2, 0.25) is 5.95 Å². The number of hydrogen-bond donors (Lipinski definition) is 1. The Hall–Kier alpha value is -5.35. The summed E-state index contributed by atoms with van der Waals surface area (Å²) in [5.74, 6) is -1.59. The van der Waals surface area contributed by atoms with Crippen LogP contribution in [-0.2, 0) is 30.2 Å². The molecule has 0 spiro atoms. The highest BCUT2D eigenvalue weighted by molar-refractivity contribution is 7.89. The number of sulfonamides is 1. The van der Waals surface area contributed by atoms with Crippen LogP contribution in [0.1, 0.15) is 16.1 Å². The Labute approximate surface area is 248 Å². The number of carbonyl (C=O) groups excluding carboxylic acids is 1. The number of aromatic nitrogens is 8. The predicted octanol–water partition coefficient (Wildman–Crippen LogP) is 3.12. The highest BCUT2D eigenvalue weighted by Gasteiger charge is 2.34. The standard InChI is InChI=1S/C28H22F2N10O3S/c1-37-15-25(32-16-37)44(42,43)38-10-11-39-21(13-38)26(27(36-39)17-2-4-19(29)5-3-17)20-6-7-24-33-23(14-40(24)35-20)34-28(41)18-8-9-31-22(30)12-18/h2-9,12,14-16H,10-11,13H2,1H3,(H,34,41). The van der Waals surface area contributed by atoms with Gasteiger partial charge in [-0.3, -0.25) is 9.48 Å². The third kappa shape index (κ3) is 4.88. The molecule has 0 saturated carbocycles. The molecular formula is C28H22F2N10O3S. The van der Waals surface area contributed by atoms with Crippen LogP contribution < -0.4 is 5.32 Å². The van der Waals surface area contributed by atoms with Gasteiger partial charge in [0.25, 0.3) is 15.9 Å². The lowest BCUT2D eigenvalue weighted by Crippen LogP contribution is -2.38. The molecule has 1 aliphatic heterocycles. The van der Waals surface area contributed by atoms with Crippen LogP contribution in [0.4, 0.5) is 14.6 Å². The number of nitrogens with one attached hydrogen (secondary N) is 1. The maximum Gasteiger partial charge on any atom is 0.262 e. The monoisotopic (exact) mass is 616 g/mol. The Bertz CT molecular complexity index is 2170. The summed E-state index contributed by atoms with van der Waals surface area (Å²) in [6.45, 7) is 0.443. The van der Waals surface area contributed by atoms with E-state index < -0.39 is 27.7 Å². The average molecular weight is 617 g/mol. The molecule has 44 heavy (non-hydrogen) atoms. The number of rotatable bonds is 6. The summed E-state index contributed by atoms with van der Waals surface area (Å²) >= 11 is 0. The van der Waals surface area contributed by atoms with Crippen molar-refractivity contribution >= 4 is 27.4 Å². The molecule has 0 radical (unpaired) electrons. The Balaban J connectivity index is 1.29. The van der Waals surface area contributed by atoms with E-state index >= 15 is 0 Å². The Morgan fingerprint density at radius 3 is 2.55 bits per heavy atom. The summed E-state index contributed by atoms with van der Waals surface area (Å²) in [6, 6.07) is 11.6. The van der Waals surface area contributed by atoms with E-state index in [0.717, 1.165) is 6.07 Å². The lowest BCUT2D eigenvalue weighted by Gasteiger charge is -2.26. The summed E-state index contributed by atoms with van der Waals surface area (Å²) in [5.41, 5.74) is 3.20. The van der Waals surface area contributed by atoms with Crippen molar-refractivity contribution in [1.29, 1.82) is 0 Å². The Kier molecular flexibility index (Phi) is 6.51. The van der Waals surface area contributed by atoms with Crippen molar-refractivity contribution in [2.24, 2.45) is 7.05 Å². The zero-order valence-electron chi connectivity index (χ0n) is 23.0. The van der Waals surface area contributed by atoms with Gasteiger partial charge in [-0.15, -0.1) is 0 Å². The maximum atomic E-state index is 13.8. The molecule has 0 fully saturated rings. The lowest BCUT2D eigenvalue weighted by atomic mass is 10.0. The van der Waals surface area contributed by atoms with Gasteiger partial charge in [0.1, 0.15) is 11.5 Å². The number of hydrogen-bond acceptors (Lipinski definition) is 8. The topological polar surface area (TPSA) is 145 Å². The van der Waals surface area contributed by atoms with Gasteiger partial charge in [-0.25, -0.2) is 32.3 Å². The van der Waals surface area contributed by atoms with E-state index in [1.165, 1.54) is 51.9 Å². The second-order valence-corrected chi connectivity index (χ2v) is 12.0. The Morgan fingerprint density at radius 2 is 1.80 bits per heavy atom. The molecule has 6 aromatic rings. The van der Waals surface area contributed by atoms with Crippen molar-refractivity contribution in [3.8, 4) is 22.5 Å². The average Bonchev–Trinajstić information content (AvgIpc) is 3.73. The van der Waals surface area contributed by atoms with Crippen LogP contribution in [0.15, 0.2) is 78.5 Å². The summed E-state index contributed by atoms with van der Waals surface area (Å²) in [7, 11) is -2.21. The van der Waals surface area contributed by atoms with Crippen LogP contribution in [-0.4, -0.2) is 64.1 Å². The first-order chi connectivity index (χ1) is 21.2. The molecule has 0 saturated heterocycles. The quantitative estimate of drug-likeness (QED) is 0.281. The first kappa shape index (κ1) is 27.5. The smallest absolute Gasteiger partial charge is 0.262 e. The van der Waals surface area contributed by atoms with Crippen molar-refractivity contribution in [2.75, 3.05) is 11.9 Å². The number of amides is 1. The molecule has 16 heteroatoms. The molecule has 5 aromatic heterocycles. The zero-order valence-corrected chi connectivity index (χ0v) is 23.8. The highest BCUT2D eigenvalue weighted by Crippen LogP contribution is 2.37. The van der Waals surface area contributed by atoms with Crippen molar-refractivity contribution < 1.29 is 22.0 Å². The molecule has 1 aliphatic rings. The summed E-state index contributed by atoms with van der Waals surface area (Å²) < 4.78 is 60.3. The number of fused-ring (bicyclic) bond motifs is 2. The molecule has 222 valence electrons. The molecule has 1 aromatic carbocycles. The number of aryl methyl sites for hydroxylation is 1. The third-order valence-corrected chi connectivity index (χ3v) is 8.89. The normalized spacial score (nSPS) is 13.7. The van der Waals surface area contributed by atoms with E-state index in [9.17, 15) is 22.0 Å². The van der Waals surface area contributed by atoms with E-state index in [1.807, 2.05) is 0 Å². The minimum Gasteiger partial charge on any atom is -0.339 e. The van der Waals surface area contributed by atoms with Crippen LogP contribution in [0.25, 0.3) is 28.2 Å². The van der Waals surface area contributed by atoms with Gasteiger partial charge in [0, 0.05) is 43.2 Å². The maximum absolute atomic E-state index is 13.8. The molecule has 0 unspecified atom stereocenters. The first-order valence-corrected chi connectivity index (χ1v) is 14.7. The van der Waals surface area contributed by atoms with Gasteiger partial charge < -0.3 is 9.88 Å². The first-order valence-electron chi connectivity index (χ1n) is 13.3. The molecule has 6 heterocycles. The van der Waals surface area contributed by atoms with Gasteiger partial charge in [-0.2, -0.15) is 18.9 Å².